The molecule has 3 aromatic heterocycles. The standard InChI is InChI=1S/C46H29N3S/c1-5-13-30(14-6-1)34-21-25-42-38(27-34)36-23-24-37-39-28-35(31-15-7-2-8-16-31)22-26-43(39)50-45(37)44(36)49(42)46-47-40(32-17-9-3-10-18-32)29-41(48-46)33-19-11-4-12-20-33/h1-29H. The van der Waals surface area contributed by atoms with Crippen molar-refractivity contribution in [2.45, 2.75) is 0 Å². The largest absolute Gasteiger partial charge is 0.276 e. The molecule has 0 saturated carbocycles. The number of fused-ring (bicyclic) bond motifs is 7. The van der Waals surface area contributed by atoms with Crippen molar-refractivity contribution < 1.29 is 0 Å². The summed E-state index contributed by atoms with van der Waals surface area (Å²) in [4.78, 5) is 10.6. The van der Waals surface area contributed by atoms with Gasteiger partial charge in [0.1, 0.15) is 0 Å². The van der Waals surface area contributed by atoms with Crippen molar-refractivity contribution in [3.05, 3.63) is 176 Å². The van der Waals surface area contributed by atoms with E-state index in [1.165, 1.54) is 53.2 Å². The second-order valence-electron chi connectivity index (χ2n) is 12.6. The number of hydrogen-bond acceptors (Lipinski definition) is 3. The van der Waals surface area contributed by atoms with Crippen molar-refractivity contribution in [1.82, 2.24) is 14.5 Å². The first-order chi connectivity index (χ1) is 24.8. The number of thiophene rings is 1. The topological polar surface area (TPSA) is 30.7 Å². The third-order valence-corrected chi connectivity index (χ3v) is 10.8. The van der Waals surface area contributed by atoms with Crippen LogP contribution in [0.25, 0.3) is 92.7 Å². The maximum Gasteiger partial charge on any atom is 0.235 e. The molecule has 0 unspecified atom stereocenters. The first-order valence-electron chi connectivity index (χ1n) is 16.8. The quantitative estimate of drug-likeness (QED) is 0.185. The van der Waals surface area contributed by atoms with Crippen LogP contribution in [0.3, 0.4) is 0 Å². The van der Waals surface area contributed by atoms with Crippen LogP contribution in [0.2, 0.25) is 0 Å². The molecule has 3 nitrogen and oxygen atoms in total. The van der Waals surface area contributed by atoms with Crippen molar-refractivity contribution in [2.75, 3.05) is 0 Å². The second-order valence-corrected chi connectivity index (χ2v) is 13.7. The van der Waals surface area contributed by atoms with Crippen molar-refractivity contribution in [3.8, 4) is 50.7 Å². The van der Waals surface area contributed by atoms with Crippen LogP contribution in [-0.4, -0.2) is 14.5 Å². The fraction of sp³-hybridized carbons (Fsp3) is 0. The molecule has 234 valence electrons. The minimum absolute atomic E-state index is 0.660. The van der Waals surface area contributed by atoms with Crippen LogP contribution in [0.5, 0.6) is 0 Å². The maximum atomic E-state index is 5.32. The summed E-state index contributed by atoms with van der Waals surface area (Å²) in [6.45, 7) is 0. The van der Waals surface area contributed by atoms with Crippen LogP contribution < -0.4 is 0 Å². The Morgan fingerprint density at radius 2 is 0.880 bits per heavy atom. The molecule has 50 heavy (non-hydrogen) atoms. The van der Waals surface area contributed by atoms with Crippen LogP contribution in [0.4, 0.5) is 0 Å². The van der Waals surface area contributed by atoms with Gasteiger partial charge in [0.25, 0.3) is 0 Å². The Kier molecular flexibility index (Phi) is 6.68. The zero-order valence-corrected chi connectivity index (χ0v) is 27.8. The van der Waals surface area contributed by atoms with Gasteiger partial charge >= 0.3 is 0 Å². The molecule has 0 N–H and O–H groups in total. The predicted molar refractivity (Wildman–Crippen MR) is 211 cm³/mol. The van der Waals surface area contributed by atoms with E-state index in [0.717, 1.165) is 33.5 Å². The van der Waals surface area contributed by atoms with Gasteiger partial charge in [0.15, 0.2) is 0 Å². The van der Waals surface area contributed by atoms with E-state index in [0.29, 0.717) is 5.95 Å². The summed E-state index contributed by atoms with van der Waals surface area (Å²) in [6, 6.07) is 62.4. The first-order valence-corrected chi connectivity index (χ1v) is 17.6. The van der Waals surface area contributed by atoms with E-state index in [-0.39, 0.29) is 0 Å². The molecular weight excluding hydrogens is 627 g/mol. The molecule has 0 radical (unpaired) electrons. The maximum absolute atomic E-state index is 5.32. The van der Waals surface area contributed by atoms with Gasteiger partial charge in [0.2, 0.25) is 5.95 Å². The number of aromatic nitrogens is 3. The van der Waals surface area contributed by atoms with E-state index in [1.807, 2.05) is 23.5 Å². The lowest BCUT2D eigenvalue weighted by molar-refractivity contribution is 0.998. The molecule has 0 saturated heterocycles. The minimum atomic E-state index is 0.660. The fourth-order valence-electron chi connectivity index (χ4n) is 7.21. The van der Waals surface area contributed by atoms with Gasteiger partial charge in [0.05, 0.1) is 27.1 Å². The Bertz CT molecular complexity index is 2780. The van der Waals surface area contributed by atoms with E-state index in [2.05, 4.69) is 168 Å². The summed E-state index contributed by atoms with van der Waals surface area (Å²) < 4.78 is 4.79. The Hall–Kier alpha value is -6.36. The van der Waals surface area contributed by atoms with Crippen molar-refractivity contribution in [1.29, 1.82) is 0 Å². The molecule has 10 aromatic rings. The molecule has 4 heteroatoms. The van der Waals surface area contributed by atoms with Gasteiger partial charge in [-0.15, -0.1) is 11.3 Å². The van der Waals surface area contributed by atoms with Crippen molar-refractivity contribution in [2.24, 2.45) is 0 Å². The lowest BCUT2D eigenvalue weighted by Crippen LogP contribution is -2.04. The van der Waals surface area contributed by atoms with Crippen LogP contribution >= 0.6 is 11.3 Å². The monoisotopic (exact) mass is 655 g/mol. The highest BCUT2D eigenvalue weighted by Gasteiger charge is 2.21. The fourth-order valence-corrected chi connectivity index (χ4v) is 8.43. The zero-order chi connectivity index (χ0) is 33.0. The summed E-state index contributed by atoms with van der Waals surface area (Å²) >= 11 is 1.84. The molecule has 0 bridgehead atoms. The molecule has 0 atom stereocenters. The second kappa shape index (κ2) is 11.7. The first kappa shape index (κ1) is 28.6. The third-order valence-electron chi connectivity index (χ3n) is 9.63. The minimum Gasteiger partial charge on any atom is -0.276 e. The Balaban J connectivity index is 1.31. The van der Waals surface area contributed by atoms with E-state index in [4.69, 9.17) is 9.97 Å². The van der Waals surface area contributed by atoms with Crippen LogP contribution in [0.1, 0.15) is 0 Å². The average Bonchev–Trinajstić information content (AvgIpc) is 3.74. The van der Waals surface area contributed by atoms with Crippen molar-refractivity contribution >= 4 is 53.3 Å². The lowest BCUT2D eigenvalue weighted by atomic mass is 10.0. The summed E-state index contributed by atoms with van der Waals surface area (Å²) in [6.07, 6.45) is 0. The van der Waals surface area contributed by atoms with Crippen molar-refractivity contribution in [3.63, 3.8) is 0 Å². The smallest absolute Gasteiger partial charge is 0.235 e. The van der Waals surface area contributed by atoms with E-state index < -0.39 is 0 Å². The molecule has 0 spiro atoms. The molecule has 10 rings (SSSR count). The molecule has 0 amide bonds. The summed E-state index contributed by atoms with van der Waals surface area (Å²) in [5.74, 6) is 0.660. The van der Waals surface area contributed by atoms with Crippen LogP contribution in [0.15, 0.2) is 176 Å². The predicted octanol–water partition coefficient (Wildman–Crippen LogP) is 12.6. The highest BCUT2D eigenvalue weighted by Crippen LogP contribution is 2.44. The summed E-state index contributed by atoms with van der Waals surface area (Å²) in [5, 5.41) is 4.87. The normalized spacial score (nSPS) is 11.6. The van der Waals surface area contributed by atoms with Gasteiger partial charge in [0, 0.05) is 37.4 Å². The van der Waals surface area contributed by atoms with Crippen LogP contribution in [0, 0.1) is 0 Å². The molecular formula is C46H29N3S. The van der Waals surface area contributed by atoms with E-state index in [1.54, 1.807) is 0 Å². The molecule has 0 aliphatic carbocycles. The molecule has 0 fully saturated rings. The Labute approximate surface area is 293 Å². The summed E-state index contributed by atoms with van der Waals surface area (Å²) in [7, 11) is 0. The third kappa shape index (κ3) is 4.73. The SMILES string of the molecule is c1ccc(-c2ccc3sc4c(ccc5c6cc(-c7ccccc7)ccc6n(-c6nc(-c7ccccc7)cc(-c7ccccc7)n6)c54)c3c2)cc1. The number of hydrogen-bond donors (Lipinski definition) is 0. The Morgan fingerprint density at radius 3 is 1.46 bits per heavy atom. The zero-order valence-electron chi connectivity index (χ0n) is 27.0. The van der Waals surface area contributed by atoms with Gasteiger partial charge in [-0.2, -0.15) is 0 Å². The number of nitrogens with zero attached hydrogens (tertiary/aromatic N) is 3. The van der Waals surface area contributed by atoms with Gasteiger partial charge in [-0.1, -0.05) is 146 Å². The lowest BCUT2D eigenvalue weighted by Gasteiger charge is -2.12. The van der Waals surface area contributed by atoms with E-state index >= 15 is 0 Å². The van der Waals surface area contributed by atoms with E-state index in [9.17, 15) is 0 Å². The molecule has 0 aliphatic rings. The Morgan fingerprint density at radius 1 is 0.380 bits per heavy atom. The number of benzene rings is 7. The molecule has 7 aromatic carbocycles. The molecule has 0 aliphatic heterocycles. The van der Waals surface area contributed by atoms with Gasteiger partial charge in [-0.25, -0.2) is 9.97 Å². The number of rotatable bonds is 5. The highest BCUT2D eigenvalue weighted by atomic mass is 32.1. The average molecular weight is 656 g/mol. The van der Waals surface area contributed by atoms with Gasteiger partial charge in [-0.05, 0) is 52.6 Å². The van der Waals surface area contributed by atoms with Gasteiger partial charge in [-0.3, -0.25) is 4.57 Å². The highest BCUT2D eigenvalue weighted by molar-refractivity contribution is 7.26. The molecule has 3 heterocycles. The summed E-state index contributed by atoms with van der Waals surface area (Å²) in [5.41, 5.74) is 10.9. The van der Waals surface area contributed by atoms with Crippen LogP contribution in [-0.2, 0) is 0 Å². The van der Waals surface area contributed by atoms with Gasteiger partial charge < -0.3 is 0 Å².